The van der Waals surface area contributed by atoms with Crippen molar-refractivity contribution in [2.45, 2.75) is 20.1 Å². The van der Waals surface area contributed by atoms with E-state index in [1.54, 1.807) is 18.2 Å². The van der Waals surface area contributed by atoms with Crippen LogP contribution in [0.15, 0.2) is 29.4 Å². The molecule has 14 heavy (non-hydrogen) atoms. The number of nitroso groups, excluding NO2 is 1. The third-order valence-corrected chi connectivity index (χ3v) is 1.68. The fraction of sp³-hybridized carbons (Fsp3) is 0.300. The van der Waals surface area contributed by atoms with Crippen LogP contribution >= 0.6 is 0 Å². The van der Waals surface area contributed by atoms with Crippen LogP contribution in [0.4, 0.5) is 0 Å². The van der Waals surface area contributed by atoms with Gasteiger partial charge in [-0.3, -0.25) is 0 Å². The molecule has 0 spiro atoms. The maximum Gasteiger partial charge on any atom is 0.340 e. The summed E-state index contributed by atoms with van der Waals surface area (Å²) in [6.07, 6.45) is -0.942. The summed E-state index contributed by atoms with van der Waals surface area (Å²) in [5.41, 5.74) is 1.40. The van der Waals surface area contributed by atoms with E-state index in [1.807, 2.05) is 13.0 Å². The summed E-state index contributed by atoms with van der Waals surface area (Å²) in [6.45, 7) is 3.29. The first-order chi connectivity index (χ1) is 6.63. The molecule has 4 nitrogen and oxygen atoms in total. The number of esters is 1. The van der Waals surface area contributed by atoms with E-state index in [-0.39, 0.29) is 0 Å². The van der Waals surface area contributed by atoms with Crippen LogP contribution in [-0.2, 0) is 4.74 Å². The molecule has 0 aliphatic rings. The number of hydrogen-bond donors (Lipinski definition) is 0. The van der Waals surface area contributed by atoms with Gasteiger partial charge in [0, 0.05) is 0 Å². The highest BCUT2D eigenvalue weighted by molar-refractivity contribution is 5.89. The van der Waals surface area contributed by atoms with Gasteiger partial charge in [0.1, 0.15) is 0 Å². The van der Waals surface area contributed by atoms with Crippen molar-refractivity contribution in [3.05, 3.63) is 40.3 Å². The zero-order valence-corrected chi connectivity index (χ0v) is 8.06. The first kappa shape index (κ1) is 10.4. The molecule has 0 heterocycles. The highest BCUT2D eigenvalue weighted by Crippen LogP contribution is 2.07. The molecule has 0 saturated carbocycles. The van der Waals surface area contributed by atoms with Crippen LogP contribution in [0.1, 0.15) is 22.8 Å². The molecule has 0 aliphatic carbocycles. The highest BCUT2D eigenvalue weighted by atomic mass is 16.6. The van der Waals surface area contributed by atoms with Gasteiger partial charge in [-0.05, 0) is 31.2 Å². The molecule has 0 aliphatic heterocycles. The smallest absolute Gasteiger partial charge is 0.340 e. The molecule has 0 amide bonds. The number of benzene rings is 1. The van der Waals surface area contributed by atoms with E-state index in [4.69, 9.17) is 4.74 Å². The first-order valence-corrected chi connectivity index (χ1v) is 4.23. The van der Waals surface area contributed by atoms with E-state index < -0.39 is 12.2 Å². The fourth-order valence-corrected chi connectivity index (χ4v) is 1.02. The maximum atomic E-state index is 11.3. The standard InChI is InChI=1S/C10H11NO3/c1-7-4-3-5-9(6-7)10(12)14-8(2)11-13/h3-6,8H,1-2H3. The summed E-state index contributed by atoms with van der Waals surface area (Å²) < 4.78 is 4.72. The van der Waals surface area contributed by atoms with Crippen LogP contribution in [0.5, 0.6) is 0 Å². The Hall–Kier alpha value is -1.71. The Kier molecular flexibility index (Phi) is 3.34. The van der Waals surface area contributed by atoms with Gasteiger partial charge in [-0.25, -0.2) is 4.79 Å². The van der Waals surface area contributed by atoms with E-state index >= 15 is 0 Å². The van der Waals surface area contributed by atoms with Gasteiger partial charge in [0.2, 0.25) is 6.23 Å². The number of rotatable bonds is 3. The molecule has 0 radical (unpaired) electrons. The lowest BCUT2D eigenvalue weighted by molar-refractivity contribution is 0.0356. The van der Waals surface area contributed by atoms with E-state index in [0.717, 1.165) is 5.56 Å². The maximum absolute atomic E-state index is 11.3. The predicted octanol–water partition coefficient (Wildman–Crippen LogP) is 2.26. The molecule has 1 unspecified atom stereocenters. The minimum Gasteiger partial charge on any atom is -0.433 e. The zero-order chi connectivity index (χ0) is 10.6. The second kappa shape index (κ2) is 4.50. The molecule has 1 aromatic rings. The molecule has 1 rings (SSSR count). The number of carbonyl (C=O) groups is 1. The predicted molar refractivity (Wildman–Crippen MR) is 51.9 cm³/mol. The van der Waals surface area contributed by atoms with E-state index in [9.17, 15) is 9.70 Å². The zero-order valence-electron chi connectivity index (χ0n) is 8.06. The molecule has 0 N–H and O–H groups in total. The fourth-order valence-electron chi connectivity index (χ4n) is 1.02. The Balaban J connectivity index is 2.74. The SMILES string of the molecule is Cc1cccc(C(=O)OC(C)N=O)c1. The average molecular weight is 193 g/mol. The molecular weight excluding hydrogens is 182 g/mol. The van der Waals surface area contributed by atoms with Crippen molar-refractivity contribution in [2.75, 3.05) is 0 Å². The lowest BCUT2D eigenvalue weighted by atomic mass is 10.1. The molecule has 74 valence electrons. The molecule has 0 saturated heterocycles. The van der Waals surface area contributed by atoms with Gasteiger partial charge in [-0.15, -0.1) is 4.91 Å². The minimum atomic E-state index is -0.942. The van der Waals surface area contributed by atoms with Crippen molar-refractivity contribution in [1.29, 1.82) is 0 Å². The second-order valence-electron chi connectivity index (χ2n) is 2.98. The Morgan fingerprint density at radius 3 is 2.79 bits per heavy atom. The van der Waals surface area contributed by atoms with Crippen molar-refractivity contribution in [3.63, 3.8) is 0 Å². The normalized spacial score (nSPS) is 11.9. The summed E-state index contributed by atoms with van der Waals surface area (Å²) >= 11 is 0. The lowest BCUT2D eigenvalue weighted by Crippen LogP contribution is -2.12. The topological polar surface area (TPSA) is 55.7 Å². The van der Waals surface area contributed by atoms with Crippen LogP contribution < -0.4 is 0 Å². The third kappa shape index (κ3) is 2.65. The summed E-state index contributed by atoms with van der Waals surface area (Å²) in [7, 11) is 0. The van der Waals surface area contributed by atoms with Crippen molar-refractivity contribution < 1.29 is 9.53 Å². The lowest BCUT2D eigenvalue weighted by Gasteiger charge is -2.05. The number of ether oxygens (including phenoxy) is 1. The quantitative estimate of drug-likeness (QED) is 0.546. The largest absolute Gasteiger partial charge is 0.433 e. The van der Waals surface area contributed by atoms with Gasteiger partial charge in [-0.1, -0.05) is 17.7 Å². The number of carbonyl (C=O) groups excluding carboxylic acids is 1. The van der Waals surface area contributed by atoms with Crippen LogP contribution in [-0.4, -0.2) is 12.2 Å². The summed E-state index contributed by atoms with van der Waals surface area (Å²) in [4.78, 5) is 21.4. The van der Waals surface area contributed by atoms with Gasteiger partial charge in [0.25, 0.3) is 0 Å². The van der Waals surface area contributed by atoms with Gasteiger partial charge < -0.3 is 4.74 Å². The number of aryl methyl sites for hydroxylation is 1. The Morgan fingerprint density at radius 2 is 2.21 bits per heavy atom. The van der Waals surface area contributed by atoms with Crippen LogP contribution in [0, 0.1) is 11.8 Å². The van der Waals surface area contributed by atoms with Gasteiger partial charge in [-0.2, -0.15) is 0 Å². The highest BCUT2D eigenvalue weighted by Gasteiger charge is 2.11. The van der Waals surface area contributed by atoms with Crippen molar-refractivity contribution >= 4 is 5.97 Å². The average Bonchev–Trinajstić information content (AvgIpc) is 2.17. The molecule has 1 aromatic carbocycles. The van der Waals surface area contributed by atoms with Gasteiger partial charge in [0.05, 0.1) is 5.56 Å². The molecule has 4 heteroatoms. The number of hydrogen-bond acceptors (Lipinski definition) is 4. The van der Waals surface area contributed by atoms with Crippen molar-refractivity contribution in [2.24, 2.45) is 5.18 Å². The van der Waals surface area contributed by atoms with E-state index in [0.29, 0.717) is 5.56 Å². The van der Waals surface area contributed by atoms with Crippen LogP contribution in [0.3, 0.4) is 0 Å². The Morgan fingerprint density at radius 1 is 1.50 bits per heavy atom. The molecular formula is C10H11NO3. The van der Waals surface area contributed by atoms with Crippen LogP contribution in [0.25, 0.3) is 0 Å². The first-order valence-electron chi connectivity index (χ1n) is 4.23. The Labute approximate surface area is 81.9 Å². The summed E-state index contributed by atoms with van der Waals surface area (Å²) in [5, 5.41) is 2.58. The summed E-state index contributed by atoms with van der Waals surface area (Å²) in [6, 6.07) is 6.95. The van der Waals surface area contributed by atoms with Gasteiger partial charge in [0.15, 0.2) is 0 Å². The minimum absolute atomic E-state index is 0.431. The molecule has 0 aromatic heterocycles. The van der Waals surface area contributed by atoms with E-state index in [2.05, 4.69) is 5.18 Å². The Bertz CT molecular complexity index is 349. The van der Waals surface area contributed by atoms with Gasteiger partial charge >= 0.3 is 5.97 Å². The monoisotopic (exact) mass is 193 g/mol. The second-order valence-corrected chi connectivity index (χ2v) is 2.98. The van der Waals surface area contributed by atoms with Crippen molar-refractivity contribution in [3.8, 4) is 0 Å². The van der Waals surface area contributed by atoms with Crippen molar-refractivity contribution in [1.82, 2.24) is 0 Å². The third-order valence-electron chi connectivity index (χ3n) is 1.68. The summed E-state index contributed by atoms with van der Waals surface area (Å²) in [5.74, 6) is -0.527. The molecule has 0 fully saturated rings. The molecule has 0 bridgehead atoms. The molecule has 1 atom stereocenters. The number of nitrogens with zero attached hydrogens (tertiary/aromatic N) is 1. The van der Waals surface area contributed by atoms with E-state index in [1.165, 1.54) is 6.92 Å². The van der Waals surface area contributed by atoms with Crippen LogP contribution in [0.2, 0.25) is 0 Å².